The van der Waals surface area contributed by atoms with E-state index < -0.39 is 0 Å². The monoisotopic (exact) mass is 315 g/mol. The summed E-state index contributed by atoms with van der Waals surface area (Å²) in [5.74, 6) is 1.35. The van der Waals surface area contributed by atoms with Crippen LogP contribution in [0.3, 0.4) is 0 Å². The van der Waals surface area contributed by atoms with E-state index in [4.69, 9.17) is 10.5 Å². The molecule has 2 N–H and O–H groups in total. The summed E-state index contributed by atoms with van der Waals surface area (Å²) in [7, 11) is 0. The number of aromatic nitrogens is 2. The number of anilines is 1. The van der Waals surface area contributed by atoms with E-state index in [1.54, 1.807) is 12.3 Å². The van der Waals surface area contributed by atoms with Crippen molar-refractivity contribution in [3.05, 3.63) is 53.1 Å². The molecule has 1 aromatic heterocycles. The third kappa shape index (κ3) is 2.66. The third-order valence-corrected chi connectivity index (χ3v) is 3.14. The zero-order valence-electron chi connectivity index (χ0n) is 9.88. The summed E-state index contributed by atoms with van der Waals surface area (Å²) in [5.41, 5.74) is 5.51. The van der Waals surface area contributed by atoms with E-state index in [0.717, 1.165) is 15.2 Å². The largest absolute Gasteiger partial charge is 0.439 e. The van der Waals surface area contributed by atoms with Crippen molar-refractivity contribution in [2.45, 2.75) is 0 Å². The maximum absolute atomic E-state index is 5.65. The first-order chi connectivity index (χ1) is 9.20. The predicted molar refractivity (Wildman–Crippen MR) is 78.2 cm³/mol. The number of fused-ring (bicyclic) bond motifs is 1. The number of rotatable bonds is 2. The Balaban J connectivity index is 1.95. The highest BCUT2D eigenvalue weighted by atomic mass is 79.9. The fourth-order valence-electron chi connectivity index (χ4n) is 1.79. The van der Waals surface area contributed by atoms with Crippen molar-refractivity contribution >= 4 is 32.7 Å². The number of hydrogen-bond acceptors (Lipinski definition) is 4. The average Bonchev–Trinajstić information content (AvgIpc) is 2.39. The second-order valence-electron chi connectivity index (χ2n) is 4.01. The Kier molecular flexibility index (Phi) is 3.05. The number of halogens is 1. The Morgan fingerprint density at radius 1 is 1.00 bits per heavy atom. The van der Waals surface area contributed by atoms with Gasteiger partial charge in [0.1, 0.15) is 5.75 Å². The molecule has 0 aliphatic heterocycles. The Morgan fingerprint density at radius 2 is 1.79 bits per heavy atom. The molecule has 19 heavy (non-hydrogen) atoms. The Morgan fingerprint density at radius 3 is 2.63 bits per heavy atom. The second-order valence-corrected chi connectivity index (χ2v) is 4.92. The van der Waals surface area contributed by atoms with Crippen molar-refractivity contribution in [2.75, 3.05) is 5.73 Å². The van der Waals surface area contributed by atoms with E-state index in [0.29, 0.717) is 11.6 Å². The zero-order valence-corrected chi connectivity index (χ0v) is 11.5. The molecule has 3 rings (SSSR count). The molecular formula is C14H10BrN3O. The van der Waals surface area contributed by atoms with E-state index in [1.807, 2.05) is 30.3 Å². The first-order valence-corrected chi connectivity index (χ1v) is 6.46. The second kappa shape index (κ2) is 4.85. The number of ether oxygens (including phenoxy) is 1. The van der Waals surface area contributed by atoms with E-state index in [1.165, 1.54) is 0 Å². The molecule has 0 saturated carbocycles. The molecule has 0 fully saturated rings. The zero-order chi connectivity index (χ0) is 13.2. The van der Waals surface area contributed by atoms with E-state index in [-0.39, 0.29) is 5.95 Å². The Hall–Kier alpha value is -2.14. The van der Waals surface area contributed by atoms with Crippen molar-refractivity contribution < 1.29 is 4.74 Å². The SMILES string of the molecule is Nc1nccc(Oc2ccc3cc(Br)ccc3c2)n1. The van der Waals surface area contributed by atoms with Crippen molar-refractivity contribution in [2.24, 2.45) is 0 Å². The summed E-state index contributed by atoms with van der Waals surface area (Å²) in [6.07, 6.45) is 1.57. The van der Waals surface area contributed by atoms with Gasteiger partial charge in [0, 0.05) is 16.7 Å². The molecule has 1 heterocycles. The summed E-state index contributed by atoms with van der Waals surface area (Å²) >= 11 is 3.45. The minimum Gasteiger partial charge on any atom is -0.439 e. The van der Waals surface area contributed by atoms with Gasteiger partial charge in [-0.2, -0.15) is 4.98 Å². The van der Waals surface area contributed by atoms with Crippen LogP contribution in [0.5, 0.6) is 11.6 Å². The first-order valence-electron chi connectivity index (χ1n) is 5.66. The minimum absolute atomic E-state index is 0.196. The van der Waals surface area contributed by atoms with E-state index in [9.17, 15) is 0 Å². The van der Waals surface area contributed by atoms with Gasteiger partial charge in [-0.25, -0.2) is 4.98 Å². The third-order valence-electron chi connectivity index (χ3n) is 2.64. The number of nitrogen functional groups attached to an aromatic ring is 1. The lowest BCUT2D eigenvalue weighted by molar-refractivity contribution is 0.463. The normalized spacial score (nSPS) is 10.6. The van der Waals surface area contributed by atoms with Crippen LogP contribution in [-0.4, -0.2) is 9.97 Å². The van der Waals surface area contributed by atoms with Gasteiger partial charge in [0.25, 0.3) is 0 Å². The van der Waals surface area contributed by atoms with Crippen LogP contribution in [0.15, 0.2) is 53.1 Å². The van der Waals surface area contributed by atoms with Gasteiger partial charge in [-0.3, -0.25) is 0 Å². The molecular weight excluding hydrogens is 306 g/mol. The van der Waals surface area contributed by atoms with Crippen LogP contribution in [0, 0.1) is 0 Å². The molecule has 0 saturated heterocycles. The van der Waals surface area contributed by atoms with Crippen LogP contribution in [0.4, 0.5) is 5.95 Å². The molecule has 0 bridgehead atoms. The summed E-state index contributed by atoms with van der Waals surface area (Å²) in [6, 6.07) is 13.6. The highest BCUT2D eigenvalue weighted by Gasteiger charge is 2.02. The molecule has 0 radical (unpaired) electrons. The standard InChI is InChI=1S/C14H10BrN3O/c15-11-3-1-10-8-12(4-2-9(10)7-11)19-13-5-6-17-14(16)18-13/h1-8H,(H2,16,17,18). The van der Waals surface area contributed by atoms with E-state index >= 15 is 0 Å². The van der Waals surface area contributed by atoms with Gasteiger partial charge in [0.2, 0.25) is 11.8 Å². The molecule has 4 nitrogen and oxygen atoms in total. The number of hydrogen-bond donors (Lipinski definition) is 1. The fraction of sp³-hybridized carbons (Fsp3) is 0. The van der Waals surface area contributed by atoms with Crippen LogP contribution in [0.2, 0.25) is 0 Å². The van der Waals surface area contributed by atoms with Crippen LogP contribution < -0.4 is 10.5 Å². The topological polar surface area (TPSA) is 61.0 Å². The van der Waals surface area contributed by atoms with Gasteiger partial charge in [0.15, 0.2) is 0 Å². The summed E-state index contributed by atoms with van der Waals surface area (Å²) in [4.78, 5) is 7.82. The van der Waals surface area contributed by atoms with Crippen LogP contribution in [0.1, 0.15) is 0 Å². The van der Waals surface area contributed by atoms with Crippen molar-refractivity contribution in [3.63, 3.8) is 0 Å². The number of benzene rings is 2. The Labute approximate surface area is 118 Å². The van der Waals surface area contributed by atoms with Gasteiger partial charge < -0.3 is 10.5 Å². The van der Waals surface area contributed by atoms with Crippen molar-refractivity contribution in [1.29, 1.82) is 0 Å². The van der Waals surface area contributed by atoms with Gasteiger partial charge in [0.05, 0.1) is 0 Å². The lowest BCUT2D eigenvalue weighted by Gasteiger charge is -2.06. The van der Waals surface area contributed by atoms with Gasteiger partial charge >= 0.3 is 0 Å². The summed E-state index contributed by atoms with van der Waals surface area (Å²) in [5, 5.41) is 2.24. The molecule has 0 aliphatic rings. The highest BCUT2D eigenvalue weighted by Crippen LogP contribution is 2.26. The van der Waals surface area contributed by atoms with Gasteiger partial charge in [-0.1, -0.05) is 28.1 Å². The molecule has 5 heteroatoms. The Bertz CT molecular complexity index is 746. The summed E-state index contributed by atoms with van der Waals surface area (Å²) < 4.78 is 6.71. The van der Waals surface area contributed by atoms with Gasteiger partial charge in [-0.05, 0) is 35.0 Å². The maximum atomic E-state index is 5.65. The number of nitrogens with zero attached hydrogens (tertiary/aromatic N) is 2. The lowest BCUT2D eigenvalue weighted by atomic mass is 10.1. The first kappa shape index (κ1) is 11.9. The summed E-state index contributed by atoms with van der Waals surface area (Å²) in [6.45, 7) is 0. The van der Waals surface area contributed by atoms with Crippen LogP contribution in [0.25, 0.3) is 10.8 Å². The van der Waals surface area contributed by atoms with Gasteiger partial charge in [-0.15, -0.1) is 0 Å². The van der Waals surface area contributed by atoms with E-state index in [2.05, 4.69) is 32.0 Å². The molecule has 0 spiro atoms. The predicted octanol–water partition coefficient (Wildman–Crippen LogP) is 3.77. The molecule has 0 unspecified atom stereocenters. The average molecular weight is 316 g/mol. The highest BCUT2D eigenvalue weighted by molar-refractivity contribution is 9.10. The molecule has 94 valence electrons. The lowest BCUT2D eigenvalue weighted by Crippen LogP contribution is -1.95. The van der Waals surface area contributed by atoms with Crippen LogP contribution >= 0.6 is 15.9 Å². The molecule has 0 atom stereocenters. The smallest absolute Gasteiger partial charge is 0.224 e. The molecule has 0 amide bonds. The number of nitrogens with two attached hydrogens (primary N) is 1. The quantitative estimate of drug-likeness (QED) is 0.782. The molecule has 2 aromatic carbocycles. The fourth-order valence-corrected chi connectivity index (χ4v) is 2.17. The minimum atomic E-state index is 0.196. The molecule has 3 aromatic rings. The maximum Gasteiger partial charge on any atom is 0.224 e. The van der Waals surface area contributed by atoms with Crippen molar-refractivity contribution in [3.8, 4) is 11.6 Å². The van der Waals surface area contributed by atoms with Crippen LogP contribution in [-0.2, 0) is 0 Å². The molecule has 0 aliphatic carbocycles. The van der Waals surface area contributed by atoms with Crippen molar-refractivity contribution in [1.82, 2.24) is 9.97 Å².